The molecule has 16 heavy (non-hydrogen) atoms. The minimum Gasteiger partial charge on any atom is -0.386 e. The molecule has 0 spiro atoms. The van der Waals surface area contributed by atoms with Crippen LogP contribution in [0.5, 0.6) is 0 Å². The van der Waals surface area contributed by atoms with Crippen LogP contribution in [0.15, 0.2) is 0 Å². The van der Waals surface area contributed by atoms with E-state index >= 15 is 0 Å². The van der Waals surface area contributed by atoms with Crippen LogP contribution >= 0.6 is 0 Å². The first-order valence-electron chi connectivity index (χ1n) is 5.41. The van der Waals surface area contributed by atoms with Gasteiger partial charge in [-0.3, -0.25) is 5.41 Å². The van der Waals surface area contributed by atoms with Crippen molar-refractivity contribution in [3.63, 3.8) is 0 Å². The highest BCUT2D eigenvalue weighted by Gasteiger charge is 2.21. The van der Waals surface area contributed by atoms with Gasteiger partial charge >= 0.3 is 0 Å². The number of hydrogen-bond acceptors (Lipinski definition) is 3. The Morgan fingerprint density at radius 3 is 2.25 bits per heavy atom. The fourth-order valence-electron chi connectivity index (χ4n) is 1.08. The lowest BCUT2D eigenvalue weighted by Gasteiger charge is -2.20. The summed E-state index contributed by atoms with van der Waals surface area (Å²) in [6.07, 6.45) is 1.07. The van der Waals surface area contributed by atoms with Gasteiger partial charge in [0.05, 0.1) is 11.8 Å². The average molecular weight is 249 g/mol. The Morgan fingerprint density at radius 2 is 1.94 bits per heavy atom. The monoisotopic (exact) mass is 249 g/mol. The normalized spacial score (nSPS) is 14.8. The summed E-state index contributed by atoms with van der Waals surface area (Å²) in [4.78, 5) is 0. The average Bonchev–Trinajstić information content (AvgIpc) is 2.10. The molecule has 0 rings (SSSR count). The maximum Gasteiger partial charge on any atom is 0.212 e. The van der Waals surface area contributed by atoms with E-state index in [0.29, 0.717) is 12.8 Å². The van der Waals surface area contributed by atoms with Crippen LogP contribution < -0.4 is 10.5 Å². The molecule has 5 nitrogen and oxygen atoms in total. The molecule has 0 aromatic rings. The molecule has 0 radical (unpaired) electrons. The molecule has 0 heterocycles. The Bertz CT molecular complexity index is 330. The van der Waals surface area contributed by atoms with E-state index in [9.17, 15) is 8.42 Å². The summed E-state index contributed by atoms with van der Waals surface area (Å²) in [5.41, 5.74) is 5.27. The molecule has 0 saturated carbocycles. The van der Waals surface area contributed by atoms with Gasteiger partial charge in [0.25, 0.3) is 0 Å². The van der Waals surface area contributed by atoms with E-state index in [2.05, 4.69) is 4.72 Å². The summed E-state index contributed by atoms with van der Waals surface area (Å²) in [5.74, 6) is -0.0675. The Kier molecular flexibility index (Phi) is 5.41. The summed E-state index contributed by atoms with van der Waals surface area (Å²) in [6.45, 7) is 7.76. The van der Waals surface area contributed by atoms with Crippen molar-refractivity contribution in [3.05, 3.63) is 0 Å². The van der Waals surface area contributed by atoms with E-state index in [1.54, 1.807) is 6.92 Å². The number of rotatable bonds is 6. The SMILES string of the molecule is CCC(NS(=O)(=O)CCC(C)(C)C)C(=N)N. The van der Waals surface area contributed by atoms with E-state index in [1.807, 2.05) is 20.8 Å². The van der Waals surface area contributed by atoms with Gasteiger partial charge < -0.3 is 5.73 Å². The molecule has 0 saturated heterocycles. The van der Waals surface area contributed by atoms with Crippen molar-refractivity contribution < 1.29 is 8.42 Å². The summed E-state index contributed by atoms with van der Waals surface area (Å²) >= 11 is 0. The maximum atomic E-state index is 11.7. The molecule has 96 valence electrons. The molecular weight excluding hydrogens is 226 g/mol. The van der Waals surface area contributed by atoms with E-state index in [4.69, 9.17) is 11.1 Å². The van der Waals surface area contributed by atoms with Crippen LogP contribution in [0, 0.1) is 10.8 Å². The van der Waals surface area contributed by atoms with Gasteiger partial charge in [-0.05, 0) is 18.3 Å². The molecule has 0 aliphatic carbocycles. The van der Waals surface area contributed by atoms with E-state index in [-0.39, 0.29) is 17.0 Å². The van der Waals surface area contributed by atoms with Crippen molar-refractivity contribution in [1.29, 1.82) is 5.41 Å². The highest BCUT2D eigenvalue weighted by atomic mass is 32.2. The maximum absolute atomic E-state index is 11.7. The van der Waals surface area contributed by atoms with Crippen LogP contribution in [0.4, 0.5) is 0 Å². The lowest BCUT2D eigenvalue weighted by molar-refractivity contribution is 0.396. The highest BCUT2D eigenvalue weighted by molar-refractivity contribution is 7.89. The first-order chi connectivity index (χ1) is 7.07. The Labute approximate surface area is 98.4 Å². The predicted octanol–water partition coefficient (Wildman–Crippen LogP) is 1.06. The highest BCUT2D eigenvalue weighted by Crippen LogP contribution is 2.19. The molecule has 0 aliphatic rings. The largest absolute Gasteiger partial charge is 0.386 e. The smallest absolute Gasteiger partial charge is 0.212 e. The Hall–Kier alpha value is -0.620. The summed E-state index contributed by atoms with van der Waals surface area (Å²) in [5, 5.41) is 7.24. The zero-order valence-corrected chi connectivity index (χ0v) is 11.3. The Balaban J connectivity index is 4.41. The van der Waals surface area contributed by atoms with Crippen molar-refractivity contribution in [2.75, 3.05) is 5.75 Å². The van der Waals surface area contributed by atoms with E-state index in [0.717, 1.165) is 0 Å². The fraction of sp³-hybridized carbons (Fsp3) is 0.900. The molecule has 1 unspecified atom stereocenters. The van der Waals surface area contributed by atoms with Gasteiger partial charge in [-0.2, -0.15) is 0 Å². The topological polar surface area (TPSA) is 96.0 Å². The van der Waals surface area contributed by atoms with Gasteiger partial charge in [0, 0.05) is 0 Å². The third-order valence-corrected chi connectivity index (χ3v) is 3.61. The first-order valence-corrected chi connectivity index (χ1v) is 7.06. The summed E-state index contributed by atoms with van der Waals surface area (Å²) in [6, 6.07) is -0.579. The van der Waals surface area contributed by atoms with E-state index < -0.39 is 16.1 Å². The zero-order chi connectivity index (χ0) is 13.0. The lowest BCUT2D eigenvalue weighted by Crippen LogP contribution is -2.44. The van der Waals surface area contributed by atoms with Crippen LogP contribution in [0.3, 0.4) is 0 Å². The third kappa shape index (κ3) is 6.79. The molecule has 4 N–H and O–H groups in total. The minimum absolute atomic E-state index is 0.0211. The van der Waals surface area contributed by atoms with Gasteiger partial charge in [0.1, 0.15) is 5.84 Å². The number of sulfonamides is 1. The van der Waals surface area contributed by atoms with Crippen molar-refractivity contribution in [2.45, 2.75) is 46.6 Å². The number of hydrogen-bond donors (Lipinski definition) is 3. The number of nitrogens with two attached hydrogens (primary N) is 1. The minimum atomic E-state index is -3.34. The molecule has 0 aromatic carbocycles. The second-order valence-corrected chi connectivity index (χ2v) is 7.04. The van der Waals surface area contributed by atoms with Crippen LogP contribution in [-0.2, 0) is 10.0 Å². The molecule has 0 amide bonds. The molecule has 6 heteroatoms. The van der Waals surface area contributed by atoms with Crippen LogP contribution in [0.25, 0.3) is 0 Å². The molecular formula is C10H23N3O2S. The van der Waals surface area contributed by atoms with Crippen molar-refractivity contribution in [2.24, 2.45) is 11.1 Å². The van der Waals surface area contributed by atoms with Crippen LogP contribution in [0.2, 0.25) is 0 Å². The van der Waals surface area contributed by atoms with Crippen molar-refractivity contribution in [1.82, 2.24) is 4.72 Å². The van der Waals surface area contributed by atoms with Gasteiger partial charge in [0.2, 0.25) is 10.0 Å². The van der Waals surface area contributed by atoms with Crippen molar-refractivity contribution in [3.8, 4) is 0 Å². The third-order valence-electron chi connectivity index (χ3n) is 2.23. The summed E-state index contributed by atoms with van der Waals surface area (Å²) < 4.78 is 25.8. The quantitative estimate of drug-likeness (QED) is 0.485. The molecule has 0 aromatic heterocycles. The van der Waals surface area contributed by atoms with Gasteiger partial charge in [-0.1, -0.05) is 27.7 Å². The molecule has 1 atom stereocenters. The van der Waals surface area contributed by atoms with Crippen LogP contribution in [-0.4, -0.2) is 26.0 Å². The number of nitrogens with one attached hydrogen (secondary N) is 2. The molecule has 0 aliphatic heterocycles. The van der Waals surface area contributed by atoms with Crippen molar-refractivity contribution >= 4 is 15.9 Å². The van der Waals surface area contributed by atoms with Gasteiger partial charge in [-0.25, -0.2) is 13.1 Å². The second-order valence-electron chi connectivity index (χ2n) is 5.16. The number of amidine groups is 1. The van der Waals surface area contributed by atoms with Gasteiger partial charge in [-0.15, -0.1) is 0 Å². The fourth-order valence-corrected chi connectivity index (χ4v) is 2.81. The molecule has 0 bridgehead atoms. The van der Waals surface area contributed by atoms with Gasteiger partial charge in [0.15, 0.2) is 0 Å². The molecule has 0 fully saturated rings. The van der Waals surface area contributed by atoms with E-state index in [1.165, 1.54) is 0 Å². The standard InChI is InChI=1S/C10H23N3O2S/c1-5-8(9(11)12)13-16(14,15)7-6-10(2,3)4/h8,13H,5-7H2,1-4H3,(H3,11,12). The Morgan fingerprint density at radius 1 is 1.44 bits per heavy atom. The first kappa shape index (κ1) is 15.4. The zero-order valence-electron chi connectivity index (χ0n) is 10.5. The van der Waals surface area contributed by atoms with Crippen LogP contribution in [0.1, 0.15) is 40.5 Å². The predicted molar refractivity (Wildman–Crippen MR) is 67.0 cm³/mol. The summed E-state index contributed by atoms with van der Waals surface area (Å²) in [7, 11) is -3.34. The second kappa shape index (κ2) is 5.63. The lowest BCUT2D eigenvalue weighted by atomic mass is 9.94.